The lowest BCUT2D eigenvalue weighted by Gasteiger charge is -2.20. The fraction of sp³-hybridized carbons (Fsp3) is 0.300. The van der Waals surface area contributed by atoms with Crippen LogP contribution in [0.5, 0.6) is 0 Å². The topological polar surface area (TPSA) is 60.3 Å². The van der Waals surface area contributed by atoms with Crippen LogP contribution in [0.3, 0.4) is 0 Å². The predicted molar refractivity (Wildman–Crippen MR) is 182 cm³/mol. The average molecular weight is 599 g/mol. The van der Waals surface area contributed by atoms with Crippen molar-refractivity contribution < 1.29 is 14.3 Å². The zero-order chi connectivity index (χ0) is 31.9. The third-order valence-electron chi connectivity index (χ3n) is 8.86. The lowest BCUT2D eigenvalue weighted by Crippen LogP contribution is -2.26. The molecule has 0 spiro atoms. The maximum absolute atomic E-state index is 13.3. The van der Waals surface area contributed by atoms with Crippen LogP contribution >= 0.6 is 0 Å². The minimum atomic E-state index is -0.561. The number of ether oxygens (including phenoxy) is 1. The van der Waals surface area contributed by atoms with E-state index >= 15 is 0 Å². The highest BCUT2D eigenvalue weighted by molar-refractivity contribution is 5.99. The summed E-state index contributed by atoms with van der Waals surface area (Å²) in [6.07, 6.45) is 2.52. The fourth-order valence-corrected chi connectivity index (χ4v) is 6.08. The largest absolute Gasteiger partial charge is 0.456 e. The highest BCUT2D eigenvalue weighted by atomic mass is 16.6. The van der Waals surface area contributed by atoms with Gasteiger partial charge in [-0.2, -0.15) is 0 Å². The van der Waals surface area contributed by atoms with Crippen LogP contribution in [-0.4, -0.2) is 22.0 Å². The Morgan fingerprint density at radius 1 is 0.911 bits per heavy atom. The van der Waals surface area contributed by atoms with E-state index in [0.717, 1.165) is 33.2 Å². The fourth-order valence-electron chi connectivity index (χ4n) is 6.08. The molecule has 1 heterocycles. The summed E-state index contributed by atoms with van der Waals surface area (Å²) >= 11 is 0. The van der Waals surface area contributed by atoms with E-state index in [4.69, 9.17) is 4.74 Å². The van der Waals surface area contributed by atoms with E-state index in [2.05, 4.69) is 85.3 Å². The van der Waals surface area contributed by atoms with E-state index in [1.54, 1.807) is 0 Å². The Bertz CT molecular complexity index is 1890. The maximum atomic E-state index is 13.3. The van der Waals surface area contributed by atoms with Crippen molar-refractivity contribution in [2.75, 3.05) is 0 Å². The average Bonchev–Trinajstić information content (AvgIpc) is 3.85. The molecule has 5 nitrogen and oxygen atoms in total. The molecule has 0 saturated heterocycles. The lowest BCUT2D eigenvalue weighted by molar-refractivity contribution is 0.00703. The third-order valence-corrected chi connectivity index (χ3v) is 8.86. The Balaban J connectivity index is 1.20. The van der Waals surface area contributed by atoms with Crippen LogP contribution in [0, 0.1) is 13.8 Å². The second-order valence-electron chi connectivity index (χ2n) is 13.4. The van der Waals surface area contributed by atoms with Crippen molar-refractivity contribution in [3.8, 4) is 11.1 Å². The molecule has 5 heteroatoms. The molecule has 1 atom stereocenters. The van der Waals surface area contributed by atoms with Crippen molar-refractivity contribution in [2.24, 2.45) is 0 Å². The molecular weight excluding hydrogens is 556 g/mol. The van der Waals surface area contributed by atoms with Gasteiger partial charge in [-0.15, -0.1) is 0 Å². The zero-order valence-electron chi connectivity index (χ0n) is 27.1. The molecule has 1 aliphatic rings. The molecule has 0 bridgehead atoms. The van der Waals surface area contributed by atoms with Crippen LogP contribution in [-0.2, 0) is 11.3 Å². The van der Waals surface area contributed by atoms with E-state index in [-0.39, 0.29) is 17.9 Å². The Labute approximate surface area is 266 Å². The second-order valence-corrected chi connectivity index (χ2v) is 13.4. The summed E-state index contributed by atoms with van der Waals surface area (Å²) in [5, 5.41) is 4.30. The van der Waals surface area contributed by atoms with Crippen molar-refractivity contribution in [3.63, 3.8) is 0 Å². The van der Waals surface area contributed by atoms with Gasteiger partial charge in [0.1, 0.15) is 5.60 Å². The smallest absolute Gasteiger partial charge is 0.339 e. The van der Waals surface area contributed by atoms with Crippen LogP contribution in [0.4, 0.5) is 0 Å². The first-order valence-electron chi connectivity index (χ1n) is 15.9. The highest BCUT2D eigenvalue weighted by Crippen LogP contribution is 2.40. The SMILES string of the molecule is Cc1c(C)n(Cc2ccc(-c3ccccc3C(=O)OC(C)(C)C)cc2)c2ccc(C(=O)NC(C)c3cccc(C4CC4)c3)cc12. The Morgan fingerprint density at radius 3 is 2.36 bits per heavy atom. The van der Waals surface area contributed by atoms with E-state index in [1.165, 1.54) is 29.7 Å². The molecule has 1 saturated carbocycles. The lowest BCUT2D eigenvalue weighted by atomic mass is 9.98. The van der Waals surface area contributed by atoms with Crippen molar-refractivity contribution >= 4 is 22.8 Å². The number of nitrogens with zero attached hydrogens (tertiary/aromatic N) is 1. The first-order valence-corrected chi connectivity index (χ1v) is 15.9. The number of hydrogen-bond donors (Lipinski definition) is 1. The summed E-state index contributed by atoms with van der Waals surface area (Å²) in [6, 6.07) is 30.5. The molecule has 4 aromatic carbocycles. The molecule has 0 aliphatic heterocycles. The monoisotopic (exact) mass is 598 g/mol. The number of rotatable bonds is 8. The van der Waals surface area contributed by atoms with Gasteiger partial charge < -0.3 is 14.6 Å². The van der Waals surface area contributed by atoms with Gasteiger partial charge in [0, 0.05) is 28.7 Å². The molecule has 1 aliphatic carbocycles. The standard InChI is InChI=1S/C40H42N2O3/c1-25-27(3)42(24-28-14-16-30(17-15-28)34-12-7-8-13-35(34)39(44)45-40(4,5)6)37-21-20-33(23-36(25)37)38(43)41-26(2)31-10-9-11-32(22-31)29-18-19-29/h7-17,20-23,26,29H,18-19,24H2,1-6H3,(H,41,43). The molecule has 1 unspecified atom stereocenters. The zero-order valence-corrected chi connectivity index (χ0v) is 27.1. The van der Waals surface area contributed by atoms with Crippen molar-refractivity contribution in [1.29, 1.82) is 0 Å². The minimum absolute atomic E-state index is 0.0618. The van der Waals surface area contributed by atoms with Gasteiger partial charge in [0.05, 0.1) is 11.6 Å². The van der Waals surface area contributed by atoms with E-state index in [0.29, 0.717) is 23.6 Å². The first kappa shape index (κ1) is 30.4. The molecular formula is C40H42N2O3. The molecule has 1 aromatic heterocycles. The first-order chi connectivity index (χ1) is 21.5. The van der Waals surface area contributed by atoms with Crippen LogP contribution in [0.2, 0.25) is 0 Å². The van der Waals surface area contributed by atoms with Crippen LogP contribution < -0.4 is 5.32 Å². The number of aromatic nitrogens is 1. The number of nitrogens with one attached hydrogen (secondary N) is 1. The second kappa shape index (κ2) is 12.0. The number of carbonyl (C=O) groups excluding carboxylic acids is 2. The van der Waals surface area contributed by atoms with Gasteiger partial charge in [-0.05, 0) is 118 Å². The van der Waals surface area contributed by atoms with Gasteiger partial charge in [0.2, 0.25) is 0 Å². The quantitative estimate of drug-likeness (QED) is 0.181. The number of aryl methyl sites for hydroxylation is 1. The van der Waals surface area contributed by atoms with Crippen LogP contribution in [0.1, 0.15) is 101 Å². The van der Waals surface area contributed by atoms with E-state index < -0.39 is 5.60 Å². The van der Waals surface area contributed by atoms with Gasteiger partial charge in [-0.1, -0.05) is 66.7 Å². The molecule has 1 N–H and O–H groups in total. The molecule has 0 radical (unpaired) electrons. The molecule has 1 amide bonds. The number of hydrogen-bond acceptors (Lipinski definition) is 3. The summed E-state index contributed by atoms with van der Waals surface area (Å²) in [6.45, 7) is 12.6. The number of amides is 1. The van der Waals surface area contributed by atoms with Gasteiger partial charge in [-0.3, -0.25) is 4.79 Å². The summed E-state index contributed by atoms with van der Waals surface area (Å²) in [5.74, 6) is 0.301. The Morgan fingerprint density at radius 2 is 1.64 bits per heavy atom. The van der Waals surface area contributed by atoms with Crippen molar-refractivity contribution in [2.45, 2.75) is 78.5 Å². The maximum Gasteiger partial charge on any atom is 0.339 e. The van der Waals surface area contributed by atoms with Crippen LogP contribution in [0.25, 0.3) is 22.0 Å². The van der Waals surface area contributed by atoms with Gasteiger partial charge >= 0.3 is 5.97 Å². The predicted octanol–water partition coefficient (Wildman–Crippen LogP) is 9.30. The summed E-state index contributed by atoms with van der Waals surface area (Å²) in [4.78, 5) is 26.2. The summed E-state index contributed by atoms with van der Waals surface area (Å²) in [7, 11) is 0. The molecule has 45 heavy (non-hydrogen) atoms. The number of fused-ring (bicyclic) bond motifs is 1. The Hall–Kier alpha value is -4.64. The normalized spacial score (nSPS) is 13.9. The summed E-state index contributed by atoms with van der Waals surface area (Å²) in [5.41, 5.74) is 9.61. The van der Waals surface area contributed by atoms with Gasteiger partial charge in [0.15, 0.2) is 0 Å². The highest BCUT2D eigenvalue weighted by Gasteiger charge is 2.24. The van der Waals surface area contributed by atoms with Gasteiger partial charge in [-0.25, -0.2) is 4.79 Å². The van der Waals surface area contributed by atoms with Crippen molar-refractivity contribution in [1.82, 2.24) is 9.88 Å². The molecule has 6 rings (SSSR count). The number of carbonyl (C=O) groups is 2. The third kappa shape index (κ3) is 6.58. The van der Waals surface area contributed by atoms with Gasteiger partial charge in [0.25, 0.3) is 5.91 Å². The Kier molecular flexibility index (Phi) is 8.13. The molecule has 230 valence electrons. The molecule has 5 aromatic rings. The van der Waals surface area contributed by atoms with E-state index in [1.807, 2.05) is 57.2 Å². The van der Waals surface area contributed by atoms with Crippen molar-refractivity contribution in [3.05, 3.63) is 130 Å². The van der Waals surface area contributed by atoms with E-state index in [9.17, 15) is 9.59 Å². The van der Waals surface area contributed by atoms with Crippen LogP contribution in [0.15, 0.2) is 91.0 Å². The number of esters is 1. The molecule has 1 fully saturated rings. The summed E-state index contributed by atoms with van der Waals surface area (Å²) < 4.78 is 7.96. The number of benzene rings is 4. The minimum Gasteiger partial charge on any atom is -0.456 e.